The van der Waals surface area contributed by atoms with Crippen molar-refractivity contribution in [3.8, 4) is 0 Å². The first kappa shape index (κ1) is 31.9. The fraction of sp³-hybridized carbons (Fsp3) is 0.464. The van der Waals surface area contributed by atoms with Crippen molar-refractivity contribution < 1.29 is 48.3 Å². The molecule has 7 nitrogen and oxygen atoms in total. The van der Waals surface area contributed by atoms with E-state index in [1.165, 1.54) is 6.92 Å². The van der Waals surface area contributed by atoms with Crippen molar-refractivity contribution in [1.82, 2.24) is 19.9 Å². The Balaban J connectivity index is 1.48. The number of amides is 1. The second-order valence-corrected chi connectivity index (χ2v) is 13.4. The van der Waals surface area contributed by atoms with E-state index in [4.69, 9.17) is 0 Å². The summed E-state index contributed by atoms with van der Waals surface area (Å²) in [5.41, 5.74) is -6.89. The number of sulfone groups is 1. The minimum Gasteiger partial charge on any atom is -0.341 e. The fourth-order valence-corrected chi connectivity index (χ4v) is 8.12. The van der Waals surface area contributed by atoms with Crippen LogP contribution in [0, 0.1) is 5.82 Å². The van der Waals surface area contributed by atoms with E-state index in [-0.39, 0.29) is 54.0 Å². The highest BCUT2D eigenvalue weighted by Crippen LogP contribution is 2.54. The second kappa shape index (κ2) is 10.8. The molecule has 1 saturated heterocycles. The van der Waals surface area contributed by atoms with Crippen LogP contribution in [0.15, 0.2) is 59.6 Å². The molecular weight excluding hydrogens is 624 g/mol. The monoisotopic (exact) mass is 650 g/mol. The smallest absolute Gasteiger partial charge is 0.341 e. The molecular formula is C28H26F8N4O3S. The van der Waals surface area contributed by atoms with Crippen molar-refractivity contribution in [2.45, 2.75) is 72.2 Å². The van der Waals surface area contributed by atoms with Gasteiger partial charge in [0, 0.05) is 37.7 Å². The van der Waals surface area contributed by atoms with Gasteiger partial charge in [0.05, 0.1) is 16.6 Å². The van der Waals surface area contributed by atoms with Crippen LogP contribution in [0.5, 0.6) is 0 Å². The highest BCUT2D eigenvalue weighted by molar-refractivity contribution is 7.92. The van der Waals surface area contributed by atoms with Crippen LogP contribution in [-0.4, -0.2) is 59.7 Å². The number of nitrogens with zero attached hydrogens (tertiary/aromatic N) is 4. The van der Waals surface area contributed by atoms with Crippen molar-refractivity contribution in [2.24, 2.45) is 0 Å². The SMILES string of the molecule is CC(=O)N1CC(c2cn([C@H]3CC[C@@](c4ccc(C(F)(C(F)(F)F)C(F)(F)F)cc4)(S(=O)(=O)c4ccc(F)cc4)CC3)nn2)C1. The molecule has 5 rings (SSSR count). The van der Waals surface area contributed by atoms with Crippen molar-refractivity contribution in [1.29, 1.82) is 0 Å². The normalized spacial score (nSPS) is 22.1. The molecule has 0 bridgehead atoms. The molecule has 1 amide bonds. The summed E-state index contributed by atoms with van der Waals surface area (Å²) in [6, 6.07) is 5.70. The lowest BCUT2D eigenvalue weighted by atomic mass is 9.80. The molecule has 0 unspecified atom stereocenters. The van der Waals surface area contributed by atoms with Gasteiger partial charge in [0.1, 0.15) is 10.6 Å². The summed E-state index contributed by atoms with van der Waals surface area (Å²) in [6.07, 6.45) is -10.9. The Bertz CT molecular complexity index is 1610. The van der Waals surface area contributed by atoms with Crippen molar-refractivity contribution in [2.75, 3.05) is 13.1 Å². The molecule has 0 spiro atoms. The molecule has 44 heavy (non-hydrogen) atoms. The summed E-state index contributed by atoms with van der Waals surface area (Å²) >= 11 is 0. The number of carbonyl (C=O) groups is 1. The highest BCUT2D eigenvalue weighted by atomic mass is 32.2. The molecule has 0 N–H and O–H groups in total. The number of rotatable bonds is 6. The van der Waals surface area contributed by atoms with Crippen LogP contribution in [0.4, 0.5) is 35.1 Å². The third kappa shape index (κ3) is 5.13. The number of hydrogen-bond donors (Lipinski definition) is 0. The maximum atomic E-state index is 14.7. The summed E-state index contributed by atoms with van der Waals surface area (Å²) in [4.78, 5) is 12.8. The number of halogens is 8. The zero-order chi connectivity index (χ0) is 32.3. The van der Waals surface area contributed by atoms with E-state index in [1.54, 1.807) is 15.8 Å². The fourth-order valence-electron chi connectivity index (χ4n) is 5.96. The van der Waals surface area contributed by atoms with E-state index in [1.807, 2.05) is 0 Å². The lowest BCUT2D eigenvalue weighted by Gasteiger charge is -2.40. The van der Waals surface area contributed by atoms with E-state index in [0.717, 1.165) is 36.4 Å². The maximum absolute atomic E-state index is 14.7. The Hall–Kier alpha value is -3.56. The number of likely N-dealkylation sites (tertiary alicyclic amines) is 1. The van der Waals surface area contributed by atoms with Crippen LogP contribution in [0.25, 0.3) is 0 Å². The molecule has 2 heterocycles. The van der Waals surface area contributed by atoms with Crippen LogP contribution in [0.3, 0.4) is 0 Å². The quantitative estimate of drug-likeness (QED) is 0.237. The van der Waals surface area contributed by atoms with Crippen molar-refractivity contribution >= 4 is 15.7 Å². The first-order valence-electron chi connectivity index (χ1n) is 13.5. The van der Waals surface area contributed by atoms with E-state index < -0.39 is 44.0 Å². The van der Waals surface area contributed by atoms with Gasteiger partial charge in [-0.3, -0.25) is 4.79 Å². The topological polar surface area (TPSA) is 85.2 Å². The standard InChI is InChI=1S/C28H26F8N4O3S/c1-17(41)39-14-18(15-39)24-16-40(38-37-24)22-10-12-25(13-11-22,44(42,43)23-8-6-21(29)7-9-23)19-2-4-20(5-3-19)26(30,27(31,32)33)28(34,35)36/h2-9,16,18,22H,10-15H2,1H3/t22-,25+. The van der Waals surface area contributed by atoms with Gasteiger partial charge in [-0.15, -0.1) is 5.10 Å². The molecule has 0 radical (unpaired) electrons. The van der Waals surface area contributed by atoms with Gasteiger partial charge < -0.3 is 4.90 Å². The summed E-state index contributed by atoms with van der Waals surface area (Å²) in [5.74, 6) is -0.796. The van der Waals surface area contributed by atoms with Crippen LogP contribution in [-0.2, 0) is 25.0 Å². The number of benzene rings is 2. The van der Waals surface area contributed by atoms with Gasteiger partial charge in [-0.25, -0.2) is 21.9 Å². The Morgan fingerprint density at radius 2 is 1.43 bits per heavy atom. The van der Waals surface area contributed by atoms with Gasteiger partial charge >= 0.3 is 18.0 Å². The Kier molecular flexibility index (Phi) is 7.82. The van der Waals surface area contributed by atoms with Gasteiger partial charge in [-0.05, 0) is 55.5 Å². The summed E-state index contributed by atoms with van der Waals surface area (Å²) in [7, 11) is -4.41. The number of hydrogen-bond acceptors (Lipinski definition) is 5. The number of aromatic nitrogens is 3. The van der Waals surface area contributed by atoms with Crippen LogP contribution < -0.4 is 0 Å². The Labute approximate surface area is 246 Å². The maximum Gasteiger partial charge on any atom is 0.435 e. The minimum absolute atomic E-state index is 0.0104. The van der Waals surface area contributed by atoms with Crippen LogP contribution in [0.1, 0.15) is 61.4 Å². The van der Waals surface area contributed by atoms with E-state index in [0.29, 0.717) is 30.9 Å². The average Bonchev–Trinajstić information content (AvgIpc) is 3.40. The lowest BCUT2D eigenvalue weighted by Crippen LogP contribution is -2.50. The molecule has 1 aliphatic heterocycles. The van der Waals surface area contributed by atoms with Gasteiger partial charge in [0.15, 0.2) is 9.84 Å². The van der Waals surface area contributed by atoms with Crippen LogP contribution >= 0.6 is 0 Å². The van der Waals surface area contributed by atoms with Gasteiger partial charge in [-0.1, -0.05) is 29.5 Å². The largest absolute Gasteiger partial charge is 0.435 e. The summed E-state index contributed by atoms with van der Waals surface area (Å²) in [6.45, 7) is 2.42. The second-order valence-electron chi connectivity index (χ2n) is 11.2. The molecule has 2 aliphatic rings. The highest BCUT2D eigenvalue weighted by Gasteiger charge is 2.73. The average molecular weight is 651 g/mol. The molecule has 3 aromatic rings. The molecule has 1 saturated carbocycles. The van der Waals surface area contributed by atoms with E-state index >= 15 is 0 Å². The first-order chi connectivity index (χ1) is 20.4. The Morgan fingerprint density at radius 3 is 1.93 bits per heavy atom. The first-order valence-corrected chi connectivity index (χ1v) is 15.0. The third-order valence-electron chi connectivity index (χ3n) is 8.64. The molecule has 0 atom stereocenters. The zero-order valence-electron chi connectivity index (χ0n) is 23.0. The van der Waals surface area contributed by atoms with Gasteiger partial charge in [0.25, 0.3) is 0 Å². The van der Waals surface area contributed by atoms with Crippen molar-refractivity contribution in [3.63, 3.8) is 0 Å². The number of carbonyl (C=O) groups excluding carboxylic acids is 1. The van der Waals surface area contributed by atoms with Crippen LogP contribution in [0.2, 0.25) is 0 Å². The molecule has 1 aromatic heterocycles. The zero-order valence-corrected chi connectivity index (χ0v) is 23.9. The van der Waals surface area contributed by atoms with Gasteiger partial charge in [-0.2, -0.15) is 26.3 Å². The lowest BCUT2D eigenvalue weighted by molar-refractivity contribution is -0.348. The third-order valence-corrected chi connectivity index (χ3v) is 11.2. The van der Waals surface area contributed by atoms with Gasteiger partial charge in [0.2, 0.25) is 5.91 Å². The summed E-state index contributed by atoms with van der Waals surface area (Å²) < 4.78 is 136. The molecule has 2 aromatic carbocycles. The van der Waals surface area contributed by atoms with Crippen molar-refractivity contribution in [3.05, 3.63) is 77.4 Å². The predicted octanol–water partition coefficient (Wildman–Crippen LogP) is 6.14. The van der Waals surface area contributed by atoms with E-state index in [9.17, 15) is 48.3 Å². The van der Waals surface area contributed by atoms with E-state index in [2.05, 4.69) is 10.3 Å². The molecule has 2 fully saturated rings. The minimum atomic E-state index is -6.33. The number of alkyl halides is 7. The molecule has 238 valence electrons. The molecule has 16 heteroatoms. The molecule has 1 aliphatic carbocycles. The predicted molar refractivity (Wildman–Crippen MR) is 139 cm³/mol. The Morgan fingerprint density at radius 1 is 0.886 bits per heavy atom. The summed E-state index contributed by atoms with van der Waals surface area (Å²) in [5, 5.41) is 8.35.